The van der Waals surface area contributed by atoms with Gasteiger partial charge in [-0.3, -0.25) is 5.43 Å². The third-order valence-electron chi connectivity index (χ3n) is 1.12. The van der Waals surface area contributed by atoms with Crippen LogP contribution in [0.25, 0.3) is 0 Å². The van der Waals surface area contributed by atoms with E-state index in [1.165, 1.54) is 11.8 Å². The van der Waals surface area contributed by atoms with E-state index in [2.05, 4.69) is 15.4 Å². The molecule has 0 unspecified atom stereocenters. The minimum absolute atomic E-state index is 0.211. The second-order valence-electron chi connectivity index (χ2n) is 1.81. The number of aromatic nitrogens is 2. The zero-order valence-electron chi connectivity index (χ0n) is 6.14. The third kappa shape index (κ3) is 1.92. The summed E-state index contributed by atoms with van der Waals surface area (Å²) < 4.78 is 0. The fraction of sp³-hybridized carbons (Fsp3) is 0.200. The molecule has 0 radical (unpaired) electrons. The predicted molar refractivity (Wildman–Crippen MR) is 51.6 cm³/mol. The minimum atomic E-state index is 0.211. The van der Waals surface area contributed by atoms with E-state index in [4.69, 9.17) is 29.0 Å². The lowest BCUT2D eigenvalue weighted by molar-refractivity contribution is 1.07. The van der Waals surface area contributed by atoms with E-state index in [1.54, 1.807) is 0 Å². The van der Waals surface area contributed by atoms with Gasteiger partial charge in [-0.1, -0.05) is 23.2 Å². The molecule has 1 aromatic rings. The number of thioether (sulfide) groups is 1. The summed E-state index contributed by atoms with van der Waals surface area (Å²) in [5.74, 6) is 5.29. The molecule has 0 aliphatic heterocycles. The summed E-state index contributed by atoms with van der Waals surface area (Å²) in [7, 11) is 0. The Bertz CT molecular complexity index is 270. The number of anilines is 1. The van der Waals surface area contributed by atoms with E-state index in [-0.39, 0.29) is 5.95 Å². The van der Waals surface area contributed by atoms with Gasteiger partial charge in [-0.25, -0.2) is 5.84 Å². The molecule has 0 amide bonds. The summed E-state index contributed by atoms with van der Waals surface area (Å²) in [4.78, 5) is 8.32. The van der Waals surface area contributed by atoms with Crippen molar-refractivity contribution in [2.24, 2.45) is 5.84 Å². The van der Waals surface area contributed by atoms with Crippen molar-refractivity contribution in [3.8, 4) is 0 Å². The van der Waals surface area contributed by atoms with Gasteiger partial charge in [-0.2, -0.15) is 9.97 Å². The molecule has 0 atom stereocenters. The minimum Gasteiger partial charge on any atom is -0.292 e. The molecule has 0 aliphatic rings. The van der Waals surface area contributed by atoms with Crippen molar-refractivity contribution in [1.82, 2.24) is 9.97 Å². The molecule has 0 saturated heterocycles. The van der Waals surface area contributed by atoms with Crippen LogP contribution in [0, 0.1) is 0 Å². The van der Waals surface area contributed by atoms with Crippen LogP contribution < -0.4 is 11.3 Å². The molecule has 1 heterocycles. The van der Waals surface area contributed by atoms with Crippen molar-refractivity contribution >= 4 is 40.9 Å². The summed E-state index contributed by atoms with van der Waals surface area (Å²) in [5, 5.41) is 0.603. The molecular formula is C5H6Cl2N4S. The number of nitrogens with zero attached hydrogens (tertiary/aromatic N) is 2. The van der Waals surface area contributed by atoms with Gasteiger partial charge in [0.2, 0.25) is 5.95 Å². The molecule has 0 aliphatic carbocycles. The number of nitrogens with two attached hydrogens (primary N) is 1. The molecule has 1 aromatic heterocycles. The number of hydrazine groups is 1. The van der Waals surface area contributed by atoms with Gasteiger partial charge >= 0.3 is 0 Å². The standard InChI is InChI=1S/C5H6Cl2N4S/c1-12-2-3(6)9-5(11-8)10-4(2)7/h8H2,1H3,(H,9,10,11). The lowest BCUT2D eigenvalue weighted by Crippen LogP contribution is -2.10. The van der Waals surface area contributed by atoms with Gasteiger partial charge < -0.3 is 0 Å². The first-order valence-electron chi connectivity index (χ1n) is 2.92. The summed E-state index contributed by atoms with van der Waals surface area (Å²) in [6, 6.07) is 0. The molecular weight excluding hydrogens is 219 g/mol. The second kappa shape index (κ2) is 4.13. The lowest BCUT2D eigenvalue weighted by atomic mass is 10.6. The Morgan fingerprint density at radius 3 is 2.17 bits per heavy atom. The van der Waals surface area contributed by atoms with Gasteiger partial charge in [0.1, 0.15) is 10.3 Å². The largest absolute Gasteiger partial charge is 0.292 e. The Balaban J connectivity index is 3.18. The molecule has 3 N–H and O–H groups in total. The average molecular weight is 225 g/mol. The fourth-order valence-electron chi connectivity index (χ4n) is 0.631. The summed E-state index contributed by atoms with van der Waals surface area (Å²) in [6.07, 6.45) is 1.84. The first kappa shape index (κ1) is 9.85. The van der Waals surface area contributed by atoms with Gasteiger partial charge in [0.25, 0.3) is 0 Å². The molecule has 0 saturated carbocycles. The van der Waals surface area contributed by atoms with Crippen LogP contribution in [0.15, 0.2) is 4.90 Å². The molecule has 1 rings (SSSR count). The second-order valence-corrected chi connectivity index (χ2v) is 3.34. The van der Waals surface area contributed by atoms with Crippen LogP contribution in [0.4, 0.5) is 5.95 Å². The van der Waals surface area contributed by atoms with E-state index >= 15 is 0 Å². The number of hydrogen-bond donors (Lipinski definition) is 2. The van der Waals surface area contributed by atoms with Crippen molar-refractivity contribution in [1.29, 1.82) is 0 Å². The van der Waals surface area contributed by atoms with Gasteiger partial charge in [0.15, 0.2) is 0 Å². The summed E-state index contributed by atoms with van der Waals surface area (Å²) in [6.45, 7) is 0. The maximum Gasteiger partial charge on any atom is 0.240 e. The third-order valence-corrected chi connectivity index (χ3v) is 2.68. The first-order chi connectivity index (χ1) is 5.69. The SMILES string of the molecule is CSc1c(Cl)nc(NN)nc1Cl. The normalized spacial score (nSPS) is 10.0. The number of halogens is 2. The Labute approximate surface area is 83.8 Å². The van der Waals surface area contributed by atoms with Crippen LogP contribution in [0.5, 0.6) is 0 Å². The highest BCUT2D eigenvalue weighted by molar-refractivity contribution is 7.98. The average Bonchev–Trinajstić information content (AvgIpc) is 2.03. The van der Waals surface area contributed by atoms with Gasteiger partial charge in [0.05, 0.1) is 4.90 Å². The molecule has 0 bridgehead atoms. The van der Waals surface area contributed by atoms with Crippen LogP contribution >= 0.6 is 35.0 Å². The zero-order valence-corrected chi connectivity index (χ0v) is 8.46. The highest BCUT2D eigenvalue weighted by Crippen LogP contribution is 2.30. The van der Waals surface area contributed by atoms with Crippen molar-refractivity contribution in [3.63, 3.8) is 0 Å². The van der Waals surface area contributed by atoms with Crippen LogP contribution in [-0.2, 0) is 0 Å². The Morgan fingerprint density at radius 2 is 1.83 bits per heavy atom. The predicted octanol–water partition coefficient (Wildman–Crippen LogP) is 1.79. The lowest BCUT2D eigenvalue weighted by Gasteiger charge is -2.03. The van der Waals surface area contributed by atoms with Crippen LogP contribution in [0.1, 0.15) is 0 Å². The van der Waals surface area contributed by atoms with Crippen LogP contribution in [0.3, 0.4) is 0 Å². The van der Waals surface area contributed by atoms with Crippen molar-refractivity contribution < 1.29 is 0 Å². The smallest absolute Gasteiger partial charge is 0.240 e. The van der Waals surface area contributed by atoms with Gasteiger partial charge in [-0.05, 0) is 6.26 Å². The Kier molecular flexibility index (Phi) is 3.39. The van der Waals surface area contributed by atoms with Gasteiger partial charge in [-0.15, -0.1) is 11.8 Å². The van der Waals surface area contributed by atoms with Crippen LogP contribution in [0.2, 0.25) is 10.3 Å². The zero-order chi connectivity index (χ0) is 9.14. The van der Waals surface area contributed by atoms with Crippen molar-refractivity contribution in [2.75, 3.05) is 11.7 Å². The number of nitrogen functional groups attached to an aromatic ring is 1. The summed E-state index contributed by atoms with van der Waals surface area (Å²) >= 11 is 12.9. The van der Waals surface area contributed by atoms with E-state index < -0.39 is 0 Å². The molecule has 7 heteroatoms. The number of nitrogens with one attached hydrogen (secondary N) is 1. The Morgan fingerprint density at radius 1 is 1.33 bits per heavy atom. The first-order valence-corrected chi connectivity index (χ1v) is 4.90. The summed E-state index contributed by atoms with van der Waals surface area (Å²) in [5.41, 5.74) is 2.26. The van der Waals surface area contributed by atoms with Crippen molar-refractivity contribution in [3.05, 3.63) is 10.3 Å². The van der Waals surface area contributed by atoms with Gasteiger partial charge in [0, 0.05) is 0 Å². The van der Waals surface area contributed by atoms with E-state index in [1.807, 2.05) is 6.26 Å². The van der Waals surface area contributed by atoms with Crippen LogP contribution in [-0.4, -0.2) is 16.2 Å². The molecule has 4 nitrogen and oxygen atoms in total. The highest BCUT2D eigenvalue weighted by Gasteiger charge is 2.09. The van der Waals surface area contributed by atoms with E-state index in [0.29, 0.717) is 15.2 Å². The quantitative estimate of drug-likeness (QED) is 0.347. The highest BCUT2D eigenvalue weighted by atomic mass is 35.5. The fourth-order valence-corrected chi connectivity index (χ4v) is 1.91. The molecule has 66 valence electrons. The van der Waals surface area contributed by atoms with E-state index in [0.717, 1.165) is 0 Å². The van der Waals surface area contributed by atoms with Crippen molar-refractivity contribution in [2.45, 2.75) is 4.90 Å². The number of rotatable bonds is 2. The molecule has 12 heavy (non-hydrogen) atoms. The molecule has 0 spiro atoms. The topological polar surface area (TPSA) is 63.8 Å². The Hall–Kier alpha value is -0.230. The molecule has 0 fully saturated rings. The van der Waals surface area contributed by atoms with E-state index in [9.17, 15) is 0 Å². The maximum absolute atomic E-state index is 5.76. The monoisotopic (exact) mass is 224 g/mol. The number of hydrogen-bond acceptors (Lipinski definition) is 5. The molecule has 0 aromatic carbocycles. The maximum atomic E-state index is 5.76.